The van der Waals surface area contributed by atoms with Crippen molar-refractivity contribution in [3.05, 3.63) is 47.0 Å². The Morgan fingerprint density at radius 2 is 2.11 bits per heavy atom. The molecule has 4 nitrogen and oxygen atoms in total. The minimum Gasteiger partial charge on any atom is -0.310 e. The molecular formula is C15H22N4. The summed E-state index contributed by atoms with van der Waals surface area (Å²) in [4.78, 5) is 4.33. The number of nitrogens with one attached hydrogen (secondary N) is 1. The number of hydrogen-bond acceptors (Lipinski definition) is 3. The Morgan fingerprint density at radius 3 is 2.89 bits per heavy atom. The Labute approximate surface area is 114 Å². The van der Waals surface area contributed by atoms with Gasteiger partial charge in [0.2, 0.25) is 0 Å². The minimum absolute atomic E-state index is 0.744. The average molecular weight is 258 g/mol. The summed E-state index contributed by atoms with van der Waals surface area (Å²) in [6.45, 7) is 8.94. The van der Waals surface area contributed by atoms with Crippen LogP contribution in [-0.4, -0.2) is 21.3 Å². The van der Waals surface area contributed by atoms with Crippen LogP contribution in [0.4, 0.5) is 0 Å². The predicted molar refractivity (Wildman–Crippen MR) is 77.0 cm³/mol. The second-order valence-corrected chi connectivity index (χ2v) is 4.97. The van der Waals surface area contributed by atoms with E-state index in [0.717, 1.165) is 31.9 Å². The van der Waals surface area contributed by atoms with Gasteiger partial charge in [0, 0.05) is 0 Å². The SMILES string of the molecule is CCCNCc1ncn(Cc2cc(C)ccc2C)n1. The minimum atomic E-state index is 0.744. The molecule has 2 rings (SSSR count). The molecule has 2 aromatic rings. The lowest BCUT2D eigenvalue weighted by Crippen LogP contribution is -2.15. The number of benzene rings is 1. The van der Waals surface area contributed by atoms with Gasteiger partial charge in [0.05, 0.1) is 13.1 Å². The van der Waals surface area contributed by atoms with Crippen LogP contribution in [-0.2, 0) is 13.1 Å². The van der Waals surface area contributed by atoms with Crippen molar-refractivity contribution >= 4 is 0 Å². The van der Waals surface area contributed by atoms with Crippen LogP contribution in [0.2, 0.25) is 0 Å². The lowest BCUT2D eigenvalue weighted by molar-refractivity contribution is 0.624. The van der Waals surface area contributed by atoms with Crippen molar-refractivity contribution in [1.29, 1.82) is 0 Å². The molecule has 0 aliphatic carbocycles. The van der Waals surface area contributed by atoms with Crippen molar-refractivity contribution in [3.8, 4) is 0 Å². The summed E-state index contributed by atoms with van der Waals surface area (Å²) in [5.41, 5.74) is 3.88. The maximum absolute atomic E-state index is 4.49. The monoisotopic (exact) mass is 258 g/mol. The molecule has 0 aliphatic heterocycles. The molecule has 1 aromatic carbocycles. The quantitative estimate of drug-likeness (QED) is 0.809. The summed E-state index contributed by atoms with van der Waals surface area (Å²) in [5.74, 6) is 0.860. The normalized spacial score (nSPS) is 10.9. The van der Waals surface area contributed by atoms with Crippen molar-refractivity contribution in [1.82, 2.24) is 20.1 Å². The van der Waals surface area contributed by atoms with Crippen LogP contribution in [0, 0.1) is 13.8 Å². The van der Waals surface area contributed by atoms with E-state index in [2.05, 4.69) is 54.4 Å². The zero-order valence-electron chi connectivity index (χ0n) is 12.0. The molecule has 0 saturated carbocycles. The Hall–Kier alpha value is -1.68. The van der Waals surface area contributed by atoms with Gasteiger partial charge in [-0.1, -0.05) is 30.7 Å². The van der Waals surface area contributed by atoms with Crippen LogP contribution in [0.3, 0.4) is 0 Å². The summed E-state index contributed by atoms with van der Waals surface area (Å²) >= 11 is 0. The maximum Gasteiger partial charge on any atom is 0.164 e. The molecule has 19 heavy (non-hydrogen) atoms. The summed E-state index contributed by atoms with van der Waals surface area (Å²) in [7, 11) is 0. The van der Waals surface area contributed by atoms with E-state index >= 15 is 0 Å². The van der Waals surface area contributed by atoms with Crippen molar-refractivity contribution < 1.29 is 0 Å². The van der Waals surface area contributed by atoms with Crippen LogP contribution in [0.1, 0.15) is 35.9 Å². The van der Waals surface area contributed by atoms with E-state index in [4.69, 9.17) is 0 Å². The average Bonchev–Trinajstić information content (AvgIpc) is 2.82. The first kappa shape index (κ1) is 13.7. The highest BCUT2D eigenvalue weighted by Gasteiger charge is 2.03. The molecule has 0 fully saturated rings. The molecule has 102 valence electrons. The predicted octanol–water partition coefficient (Wildman–Crippen LogP) is 2.44. The molecule has 0 spiro atoms. The second-order valence-electron chi connectivity index (χ2n) is 4.97. The standard InChI is InChI=1S/C15H22N4/c1-4-7-16-9-15-17-11-19(18-15)10-14-8-12(2)5-6-13(14)3/h5-6,8,11,16H,4,7,9-10H2,1-3H3. The molecule has 0 aliphatic rings. The molecule has 1 heterocycles. The molecule has 4 heteroatoms. The van der Waals surface area contributed by atoms with Gasteiger partial charge in [-0.3, -0.25) is 0 Å². The van der Waals surface area contributed by atoms with Gasteiger partial charge in [-0.15, -0.1) is 0 Å². The molecule has 0 radical (unpaired) electrons. The fourth-order valence-corrected chi connectivity index (χ4v) is 2.01. The lowest BCUT2D eigenvalue weighted by atomic mass is 10.1. The third kappa shape index (κ3) is 3.89. The summed E-state index contributed by atoms with van der Waals surface area (Å²) in [6, 6.07) is 6.51. The van der Waals surface area contributed by atoms with E-state index in [1.54, 1.807) is 0 Å². The molecule has 0 unspecified atom stereocenters. The van der Waals surface area contributed by atoms with Gasteiger partial charge in [0.1, 0.15) is 6.33 Å². The third-order valence-corrected chi connectivity index (χ3v) is 3.13. The maximum atomic E-state index is 4.49. The van der Waals surface area contributed by atoms with E-state index < -0.39 is 0 Å². The van der Waals surface area contributed by atoms with Crippen LogP contribution in [0.15, 0.2) is 24.5 Å². The van der Waals surface area contributed by atoms with E-state index in [-0.39, 0.29) is 0 Å². The van der Waals surface area contributed by atoms with Gasteiger partial charge in [0.15, 0.2) is 5.82 Å². The number of rotatable bonds is 6. The van der Waals surface area contributed by atoms with Gasteiger partial charge >= 0.3 is 0 Å². The van der Waals surface area contributed by atoms with Gasteiger partial charge in [0.25, 0.3) is 0 Å². The molecule has 0 saturated heterocycles. The molecular weight excluding hydrogens is 236 g/mol. The van der Waals surface area contributed by atoms with Crippen molar-refractivity contribution in [2.24, 2.45) is 0 Å². The largest absolute Gasteiger partial charge is 0.310 e. The third-order valence-electron chi connectivity index (χ3n) is 3.13. The Kier molecular flexibility index (Phi) is 4.68. The van der Waals surface area contributed by atoms with E-state index in [9.17, 15) is 0 Å². The van der Waals surface area contributed by atoms with E-state index in [0.29, 0.717) is 0 Å². The van der Waals surface area contributed by atoms with Crippen LogP contribution < -0.4 is 5.32 Å². The highest BCUT2D eigenvalue weighted by Crippen LogP contribution is 2.11. The van der Waals surface area contributed by atoms with Crippen molar-refractivity contribution in [3.63, 3.8) is 0 Å². The first-order valence-electron chi connectivity index (χ1n) is 6.84. The summed E-state index contributed by atoms with van der Waals surface area (Å²) in [5, 5.41) is 7.80. The van der Waals surface area contributed by atoms with Gasteiger partial charge < -0.3 is 5.32 Å². The summed E-state index contributed by atoms with van der Waals surface area (Å²) in [6.07, 6.45) is 2.94. The number of nitrogens with zero attached hydrogens (tertiary/aromatic N) is 3. The zero-order chi connectivity index (χ0) is 13.7. The van der Waals surface area contributed by atoms with Crippen LogP contribution in [0.5, 0.6) is 0 Å². The Bertz CT molecular complexity index is 531. The van der Waals surface area contributed by atoms with E-state index in [1.165, 1.54) is 16.7 Å². The molecule has 0 amide bonds. The zero-order valence-corrected chi connectivity index (χ0v) is 12.0. The fourth-order valence-electron chi connectivity index (χ4n) is 2.01. The van der Waals surface area contributed by atoms with E-state index in [1.807, 2.05) is 11.0 Å². The van der Waals surface area contributed by atoms with Crippen molar-refractivity contribution in [2.75, 3.05) is 6.54 Å². The smallest absolute Gasteiger partial charge is 0.164 e. The number of hydrogen-bond donors (Lipinski definition) is 1. The number of aromatic nitrogens is 3. The number of aryl methyl sites for hydroxylation is 2. The molecule has 0 bridgehead atoms. The highest BCUT2D eigenvalue weighted by molar-refractivity contribution is 5.30. The first-order valence-corrected chi connectivity index (χ1v) is 6.84. The highest BCUT2D eigenvalue weighted by atomic mass is 15.3. The van der Waals surface area contributed by atoms with Crippen LogP contribution >= 0.6 is 0 Å². The van der Waals surface area contributed by atoms with Gasteiger partial charge in [-0.25, -0.2) is 9.67 Å². The topological polar surface area (TPSA) is 42.7 Å². The summed E-state index contributed by atoms with van der Waals surface area (Å²) < 4.78 is 1.91. The van der Waals surface area contributed by atoms with Crippen molar-refractivity contribution in [2.45, 2.75) is 40.3 Å². The molecule has 1 N–H and O–H groups in total. The van der Waals surface area contributed by atoms with Gasteiger partial charge in [-0.05, 0) is 37.9 Å². The molecule has 1 aromatic heterocycles. The lowest BCUT2D eigenvalue weighted by Gasteiger charge is -2.06. The Balaban J connectivity index is 2.01. The molecule has 0 atom stereocenters. The Morgan fingerprint density at radius 1 is 1.26 bits per heavy atom. The van der Waals surface area contributed by atoms with Gasteiger partial charge in [-0.2, -0.15) is 5.10 Å². The fraction of sp³-hybridized carbons (Fsp3) is 0.467. The first-order chi connectivity index (χ1) is 9.19. The van der Waals surface area contributed by atoms with Crippen LogP contribution in [0.25, 0.3) is 0 Å². The second kappa shape index (κ2) is 6.48.